The number of alkyl halides is 3. The van der Waals surface area contributed by atoms with Gasteiger partial charge >= 0.3 is 0 Å². The Hall–Kier alpha value is -1.63. The van der Waals surface area contributed by atoms with Crippen LogP contribution in [0.25, 0.3) is 5.69 Å². The van der Waals surface area contributed by atoms with Gasteiger partial charge in [-0.3, -0.25) is 14.3 Å². The van der Waals surface area contributed by atoms with Gasteiger partial charge in [-0.1, -0.05) is 73.8 Å². The van der Waals surface area contributed by atoms with E-state index < -0.39 is 15.4 Å². The molecule has 148 valence electrons. The largest absolute Gasteiger partial charge is 0.356 e. The van der Waals surface area contributed by atoms with E-state index in [1.165, 1.54) is 4.68 Å². The Balaban J connectivity index is 2.45. The third kappa shape index (κ3) is 4.81. The summed E-state index contributed by atoms with van der Waals surface area (Å²) in [7, 11) is 1.76. The van der Waals surface area contributed by atoms with Crippen LogP contribution in [0, 0.1) is 12.3 Å². The molecule has 6 nitrogen and oxygen atoms in total. The number of hydrogen-bond acceptors (Lipinski definition) is 3. The second kappa shape index (κ2) is 7.78. The molecule has 0 saturated heterocycles. The predicted octanol–water partition coefficient (Wildman–Crippen LogP) is 3.75. The van der Waals surface area contributed by atoms with Crippen LogP contribution in [0.3, 0.4) is 0 Å². The lowest BCUT2D eigenvalue weighted by Crippen LogP contribution is -2.52. The van der Waals surface area contributed by atoms with E-state index in [9.17, 15) is 9.59 Å². The summed E-state index contributed by atoms with van der Waals surface area (Å²) in [5, 5.41) is 5.57. The van der Waals surface area contributed by atoms with Crippen LogP contribution in [0.15, 0.2) is 35.1 Å². The van der Waals surface area contributed by atoms with Crippen molar-refractivity contribution in [2.75, 3.05) is 5.32 Å². The molecule has 2 N–H and O–H groups in total. The van der Waals surface area contributed by atoms with Crippen LogP contribution < -0.4 is 16.2 Å². The van der Waals surface area contributed by atoms with E-state index in [4.69, 9.17) is 34.8 Å². The summed E-state index contributed by atoms with van der Waals surface area (Å²) in [5.41, 5.74) is 0.571. The van der Waals surface area contributed by atoms with E-state index in [0.717, 1.165) is 0 Å². The Labute approximate surface area is 173 Å². The highest BCUT2D eigenvalue weighted by atomic mass is 35.6. The molecule has 0 aliphatic heterocycles. The Morgan fingerprint density at radius 3 is 2.15 bits per heavy atom. The normalized spacial score (nSPS) is 13.3. The fraction of sp³-hybridized carbons (Fsp3) is 0.444. The summed E-state index contributed by atoms with van der Waals surface area (Å²) < 4.78 is 1.33. The number of para-hydroxylation sites is 1. The van der Waals surface area contributed by atoms with Crippen LogP contribution in [-0.2, 0) is 11.8 Å². The van der Waals surface area contributed by atoms with Gasteiger partial charge in [-0.05, 0) is 19.1 Å². The molecule has 1 unspecified atom stereocenters. The SMILES string of the molecule is Cc1c(NC(NC(=O)C(C)(C)C)C(Cl)(Cl)Cl)c(=O)n(-c2ccccc2)n1C. The molecule has 0 spiro atoms. The minimum Gasteiger partial charge on any atom is -0.356 e. The van der Waals surface area contributed by atoms with Crippen molar-refractivity contribution in [3.05, 3.63) is 46.4 Å². The van der Waals surface area contributed by atoms with Gasteiger partial charge in [0.25, 0.3) is 5.56 Å². The topological polar surface area (TPSA) is 68.1 Å². The third-order valence-corrected chi connectivity index (χ3v) is 4.78. The quantitative estimate of drug-likeness (QED) is 0.570. The molecule has 2 rings (SSSR count). The number of halogens is 3. The van der Waals surface area contributed by atoms with Crippen molar-refractivity contribution in [3.8, 4) is 5.69 Å². The van der Waals surface area contributed by atoms with E-state index in [-0.39, 0.29) is 17.2 Å². The van der Waals surface area contributed by atoms with E-state index in [1.807, 2.05) is 30.3 Å². The first kappa shape index (κ1) is 21.7. The van der Waals surface area contributed by atoms with Crippen LogP contribution in [0.4, 0.5) is 5.69 Å². The molecule has 0 radical (unpaired) electrons. The maximum atomic E-state index is 13.0. The Bertz CT molecular complexity index is 877. The first-order valence-corrected chi connectivity index (χ1v) is 9.45. The number of hydrogen-bond donors (Lipinski definition) is 2. The average molecular weight is 434 g/mol. The molecule has 1 aromatic carbocycles. The van der Waals surface area contributed by atoms with Crippen LogP contribution in [0.1, 0.15) is 26.5 Å². The van der Waals surface area contributed by atoms with Gasteiger partial charge in [0.05, 0.1) is 11.4 Å². The molecule has 1 amide bonds. The van der Waals surface area contributed by atoms with Crippen molar-refractivity contribution >= 4 is 46.4 Å². The molecule has 2 aromatic rings. The van der Waals surface area contributed by atoms with Gasteiger partial charge in [0.1, 0.15) is 11.9 Å². The summed E-state index contributed by atoms with van der Waals surface area (Å²) in [5.74, 6) is -0.316. The maximum Gasteiger partial charge on any atom is 0.295 e. The van der Waals surface area contributed by atoms with Crippen molar-refractivity contribution in [2.45, 2.75) is 37.7 Å². The highest BCUT2D eigenvalue weighted by Crippen LogP contribution is 2.32. The smallest absolute Gasteiger partial charge is 0.295 e. The van der Waals surface area contributed by atoms with Gasteiger partial charge in [0, 0.05) is 12.5 Å². The van der Waals surface area contributed by atoms with E-state index in [1.54, 1.807) is 39.4 Å². The second-order valence-electron chi connectivity index (χ2n) is 7.28. The monoisotopic (exact) mass is 432 g/mol. The zero-order valence-electron chi connectivity index (χ0n) is 15.8. The van der Waals surface area contributed by atoms with Gasteiger partial charge < -0.3 is 10.6 Å². The molecule has 1 aromatic heterocycles. The Morgan fingerprint density at radius 2 is 1.67 bits per heavy atom. The molecule has 1 heterocycles. The minimum absolute atomic E-state index is 0.242. The first-order valence-electron chi connectivity index (χ1n) is 8.32. The zero-order valence-corrected chi connectivity index (χ0v) is 18.1. The number of anilines is 1. The van der Waals surface area contributed by atoms with E-state index >= 15 is 0 Å². The summed E-state index contributed by atoms with van der Waals surface area (Å²) in [6.07, 6.45) is -1.09. The third-order valence-electron chi connectivity index (χ3n) is 4.13. The Kier molecular flexibility index (Phi) is 6.24. The number of nitrogens with zero attached hydrogens (tertiary/aromatic N) is 2. The molecule has 0 bridgehead atoms. The second-order valence-corrected chi connectivity index (χ2v) is 9.65. The lowest BCUT2D eigenvalue weighted by atomic mass is 9.95. The summed E-state index contributed by atoms with van der Waals surface area (Å²) in [4.78, 5) is 25.4. The lowest BCUT2D eigenvalue weighted by Gasteiger charge is -2.29. The number of carbonyl (C=O) groups is 1. The first-order chi connectivity index (χ1) is 12.3. The highest BCUT2D eigenvalue weighted by Gasteiger charge is 2.37. The van der Waals surface area contributed by atoms with Crippen LogP contribution in [-0.4, -0.2) is 25.2 Å². The van der Waals surface area contributed by atoms with Gasteiger partial charge in [0.2, 0.25) is 9.70 Å². The maximum absolute atomic E-state index is 13.0. The molecule has 0 saturated carbocycles. The number of amides is 1. The molecule has 0 fully saturated rings. The number of benzene rings is 1. The number of nitrogens with one attached hydrogen (secondary N) is 2. The minimum atomic E-state index is -1.87. The fourth-order valence-corrected chi connectivity index (χ4v) is 2.75. The summed E-state index contributed by atoms with van der Waals surface area (Å²) >= 11 is 18.1. The standard InChI is InChI=1S/C18H23Cl3N4O2/c1-11-13(14(26)25(24(11)5)12-9-7-6-8-10-12)22-15(18(19,20)21)23-16(27)17(2,3)4/h6-10,15,22H,1-5H3,(H,23,27). The number of carbonyl (C=O) groups excluding carboxylic acids is 1. The molecule has 0 aliphatic rings. The predicted molar refractivity (Wildman–Crippen MR) is 111 cm³/mol. The summed E-state index contributed by atoms with van der Waals surface area (Å²) in [6.45, 7) is 7.00. The highest BCUT2D eigenvalue weighted by molar-refractivity contribution is 6.68. The summed E-state index contributed by atoms with van der Waals surface area (Å²) in [6, 6.07) is 9.18. The van der Waals surface area contributed by atoms with Crippen molar-refractivity contribution in [1.82, 2.24) is 14.7 Å². The molecule has 9 heteroatoms. The number of rotatable bonds is 4. The molecular formula is C18H23Cl3N4O2. The molecular weight excluding hydrogens is 411 g/mol. The fourth-order valence-electron chi connectivity index (χ4n) is 2.43. The van der Waals surface area contributed by atoms with Crippen LogP contribution >= 0.6 is 34.8 Å². The van der Waals surface area contributed by atoms with Crippen LogP contribution in [0.2, 0.25) is 0 Å². The molecule has 0 aliphatic carbocycles. The van der Waals surface area contributed by atoms with Crippen molar-refractivity contribution < 1.29 is 4.79 Å². The molecule has 1 atom stereocenters. The van der Waals surface area contributed by atoms with Crippen molar-refractivity contribution in [1.29, 1.82) is 0 Å². The van der Waals surface area contributed by atoms with Crippen molar-refractivity contribution in [3.63, 3.8) is 0 Å². The van der Waals surface area contributed by atoms with Gasteiger partial charge in [-0.2, -0.15) is 0 Å². The lowest BCUT2D eigenvalue weighted by molar-refractivity contribution is -0.129. The molecule has 27 heavy (non-hydrogen) atoms. The van der Waals surface area contributed by atoms with Crippen LogP contribution in [0.5, 0.6) is 0 Å². The van der Waals surface area contributed by atoms with Gasteiger partial charge in [0.15, 0.2) is 0 Å². The zero-order chi connectivity index (χ0) is 20.6. The van der Waals surface area contributed by atoms with E-state index in [0.29, 0.717) is 11.4 Å². The van der Waals surface area contributed by atoms with Gasteiger partial charge in [-0.15, -0.1) is 0 Å². The van der Waals surface area contributed by atoms with Gasteiger partial charge in [-0.25, -0.2) is 4.68 Å². The van der Waals surface area contributed by atoms with Crippen molar-refractivity contribution in [2.24, 2.45) is 12.5 Å². The van der Waals surface area contributed by atoms with E-state index in [2.05, 4.69) is 10.6 Å². The Morgan fingerprint density at radius 1 is 1.11 bits per heavy atom. The average Bonchev–Trinajstić information content (AvgIpc) is 2.76. The number of aromatic nitrogens is 2.